The van der Waals surface area contributed by atoms with Crippen LogP contribution in [0.25, 0.3) is 0 Å². The molecule has 3 nitrogen and oxygen atoms in total. The first kappa shape index (κ1) is 11.5. The fourth-order valence-corrected chi connectivity index (χ4v) is 2.18. The quantitative estimate of drug-likeness (QED) is 0.648. The highest BCUT2D eigenvalue weighted by molar-refractivity contribution is 5.72. The molecule has 0 atom stereocenters. The Kier molecular flexibility index (Phi) is 4.39. The van der Waals surface area contributed by atoms with Crippen LogP contribution in [0.4, 0.5) is 0 Å². The van der Waals surface area contributed by atoms with Gasteiger partial charge in [0.15, 0.2) is 0 Å². The molecule has 1 saturated carbocycles. The van der Waals surface area contributed by atoms with Gasteiger partial charge in [0.1, 0.15) is 0 Å². The third-order valence-electron chi connectivity index (χ3n) is 3.35. The second-order valence-corrected chi connectivity index (χ2v) is 4.10. The average Bonchev–Trinajstić information content (AvgIpc) is 2.27. The zero-order valence-corrected chi connectivity index (χ0v) is 9.45. The summed E-state index contributed by atoms with van der Waals surface area (Å²) in [6.07, 6.45) is 4.23. The minimum absolute atomic E-state index is 0.0254. The molecule has 1 aliphatic carbocycles. The molecule has 0 N–H and O–H groups in total. The largest absolute Gasteiger partial charge is 0.469 e. The number of carbonyl (C=O) groups is 1. The summed E-state index contributed by atoms with van der Waals surface area (Å²) < 4.78 is 4.76. The maximum Gasteiger partial charge on any atom is 0.308 e. The van der Waals surface area contributed by atoms with Crippen LogP contribution in [0.3, 0.4) is 0 Å². The maximum absolute atomic E-state index is 11.3. The van der Waals surface area contributed by atoms with Gasteiger partial charge in [-0.25, -0.2) is 0 Å². The van der Waals surface area contributed by atoms with Crippen molar-refractivity contribution in [3.05, 3.63) is 0 Å². The van der Waals surface area contributed by atoms with E-state index in [9.17, 15) is 4.79 Å². The normalized spacial score (nSPS) is 27.7. The topological polar surface area (TPSA) is 29.5 Å². The Balaban J connectivity index is 2.34. The minimum Gasteiger partial charge on any atom is -0.469 e. The lowest BCUT2D eigenvalue weighted by Crippen LogP contribution is -2.36. The Hall–Kier alpha value is -0.570. The van der Waals surface area contributed by atoms with Crippen LogP contribution in [0.5, 0.6) is 0 Å². The number of hydrogen-bond acceptors (Lipinski definition) is 3. The van der Waals surface area contributed by atoms with Crippen LogP contribution in [-0.2, 0) is 9.53 Å². The zero-order chi connectivity index (χ0) is 10.6. The molecule has 3 heteroatoms. The molecule has 0 amide bonds. The number of nitrogens with zero attached hydrogens (tertiary/aromatic N) is 1. The predicted octanol–water partition coefficient (Wildman–Crippen LogP) is 1.67. The molecule has 0 heterocycles. The third-order valence-corrected chi connectivity index (χ3v) is 3.35. The lowest BCUT2D eigenvalue weighted by molar-refractivity contribution is -0.146. The van der Waals surface area contributed by atoms with Gasteiger partial charge in [-0.2, -0.15) is 0 Å². The van der Waals surface area contributed by atoms with E-state index in [1.165, 1.54) is 7.11 Å². The van der Waals surface area contributed by atoms with E-state index in [1.807, 2.05) is 0 Å². The molecule has 0 aromatic rings. The Morgan fingerprint density at radius 1 is 1.36 bits per heavy atom. The van der Waals surface area contributed by atoms with Crippen LogP contribution in [0.1, 0.15) is 32.6 Å². The minimum atomic E-state index is -0.0254. The van der Waals surface area contributed by atoms with E-state index in [2.05, 4.69) is 18.9 Å². The number of hydrogen-bond donors (Lipinski definition) is 0. The smallest absolute Gasteiger partial charge is 0.308 e. The first-order valence-electron chi connectivity index (χ1n) is 5.47. The van der Waals surface area contributed by atoms with Crippen molar-refractivity contribution >= 4 is 5.97 Å². The second-order valence-electron chi connectivity index (χ2n) is 4.10. The predicted molar refractivity (Wildman–Crippen MR) is 56.1 cm³/mol. The summed E-state index contributed by atoms with van der Waals surface area (Å²) >= 11 is 0. The highest BCUT2D eigenvalue weighted by atomic mass is 16.5. The number of esters is 1. The molecule has 1 rings (SSSR count). The summed E-state index contributed by atoms with van der Waals surface area (Å²) in [5, 5.41) is 0. The lowest BCUT2D eigenvalue weighted by Gasteiger charge is -2.33. The van der Waals surface area contributed by atoms with Gasteiger partial charge < -0.3 is 9.64 Å². The van der Waals surface area contributed by atoms with E-state index in [-0.39, 0.29) is 11.9 Å². The van der Waals surface area contributed by atoms with Crippen molar-refractivity contribution < 1.29 is 9.53 Å². The number of methoxy groups -OCH3 is 1. The summed E-state index contributed by atoms with van der Waals surface area (Å²) in [5.41, 5.74) is 0. The van der Waals surface area contributed by atoms with Crippen LogP contribution in [0.2, 0.25) is 0 Å². The molecule has 0 unspecified atom stereocenters. The molecule has 1 fully saturated rings. The summed E-state index contributed by atoms with van der Waals surface area (Å²) in [5.74, 6) is 0.129. The van der Waals surface area contributed by atoms with Crippen LogP contribution in [-0.4, -0.2) is 37.6 Å². The van der Waals surface area contributed by atoms with Gasteiger partial charge in [0.05, 0.1) is 13.0 Å². The van der Waals surface area contributed by atoms with Gasteiger partial charge in [0, 0.05) is 6.04 Å². The molecular weight excluding hydrogens is 178 g/mol. The van der Waals surface area contributed by atoms with E-state index in [1.54, 1.807) is 0 Å². The first-order chi connectivity index (χ1) is 6.69. The van der Waals surface area contributed by atoms with Gasteiger partial charge in [0.2, 0.25) is 0 Å². The van der Waals surface area contributed by atoms with Crippen molar-refractivity contribution in [2.45, 2.75) is 38.6 Å². The summed E-state index contributed by atoms with van der Waals surface area (Å²) in [6, 6.07) is 0.668. The van der Waals surface area contributed by atoms with Gasteiger partial charge in [-0.05, 0) is 39.3 Å². The molecule has 14 heavy (non-hydrogen) atoms. The van der Waals surface area contributed by atoms with E-state index < -0.39 is 0 Å². The maximum atomic E-state index is 11.3. The molecule has 0 aromatic heterocycles. The fraction of sp³-hybridized carbons (Fsp3) is 0.909. The third kappa shape index (κ3) is 2.71. The molecular formula is C11H21NO2. The van der Waals surface area contributed by atoms with E-state index in [4.69, 9.17) is 4.74 Å². The highest BCUT2D eigenvalue weighted by Crippen LogP contribution is 2.27. The van der Waals surface area contributed by atoms with Crippen LogP contribution in [0.15, 0.2) is 0 Å². The molecule has 0 radical (unpaired) electrons. The van der Waals surface area contributed by atoms with Gasteiger partial charge in [-0.15, -0.1) is 0 Å². The number of ether oxygens (including phenoxy) is 1. The molecule has 0 aliphatic heterocycles. The van der Waals surface area contributed by atoms with E-state index >= 15 is 0 Å². The molecule has 0 spiro atoms. The zero-order valence-electron chi connectivity index (χ0n) is 9.45. The molecule has 0 bridgehead atoms. The molecule has 1 aliphatic rings. The SMILES string of the molecule is CCN(C)[C@H]1CC[C@H](C(=O)OC)CC1. The monoisotopic (exact) mass is 199 g/mol. The van der Waals surface area contributed by atoms with Gasteiger partial charge in [-0.3, -0.25) is 4.79 Å². The van der Waals surface area contributed by atoms with Crippen molar-refractivity contribution in [2.24, 2.45) is 5.92 Å². The summed E-state index contributed by atoms with van der Waals surface area (Å²) in [6.45, 7) is 3.26. The van der Waals surface area contributed by atoms with Crippen molar-refractivity contribution in [3.8, 4) is 0 Å². The molecule has 0 aromatic carbocycles. The van der Waals surface area contributed by atoms with Crippen LogP contribution >= 0.6 is 0 Å². The van der Waals surface area contributed by atoms with Gasteiger partial charge in [-0.1, -0.05) is 6.92 Å². The number of carbonyl (C=O) groups excluding carboxylic acids is 1. The Labute approximate surface area is 86.4 Å². The number of rotatable bonds is 3. The van der Waals surface area contributed by atoms with Gasteiger partial charge >= 0.3 is 5.97 Å². The summed E-state index contributed by atoms with van der Waals surface area (Å²) in [7, 11) is 3.63. The second kappa shape index (κ2) is 5.35. The Morgan fingerprint density at radius 2 is 1.93 bits per heavy atom. The van der Waals surface area contributed by atoms with Crippen molar-refractivity contribution in [1.82, 2.24) is 4.90 Å². The Morgan fingerprint density at radius 3 is 2.36 bits per heavy atom. The van der Waals surface area contributed by atoms with Crippen LogP contribution in [0, 0.1) is 5.92 Å². The molecule has 0 saturated heterocycles. The van der Waals surface area contributed by atoms with E-state index in [0.717, 1.165) is 32.2 Å². The van der Waals surface area contributed by atoms with Gasteiger partial charge in [0.25, 0.3) is 0 Å². The fourth-order valence-electron chi connectivity index (χ4n) is 2.18. The Bertz CT molecular complexity index is 186. The van der Waals surface area contributed by atoms with E-state index in [0.29, 0.717) is 6.04 Å². The van der Waals surface area contributed by atoms with Crippen molar-refractivity contribution in [3.63, 3.8) is 0 Å². The van der Waals surface area contributed by atoms with Crippen molar-refractivity contribution in [2.75, 3.05) is 20.7 Å². The first-order valence-corrected chi connectivity index (χ1v) is 5.47. The molecule has 82 valence electrons. The van der Waals surface area contributed by atoms with Crippen molar-refractivity contribution in [1.29, 1.82) is 0 Å². The highest BCUT2D eigenvalue weighted by Gasteiger charge is 2.27. The standard InChI is InChI=1S/C11H21NO2/c1-4-12(2)10-7-5-9(6-8-10)11(13)14-3/h9-10H,4-8H2,1-3H3/t9-,10-. The van der Waals surface area contributed by atoms with Crippen LogP contribution < -0.4 is 0 Å². The average molecular weight is 199 g/mol. The summed E-state index contributed by atoms with van der Waals surface area (Å²) in [4.78, 5) is 13.6. The lowest BCUT2D eigenvalue weighted by atomic mass is 9.85.